The summed E-state index contributed by atoms with van der Waals surface area (Å²) in [5, 5.41) is 0. The van der Waals surface area contributed by atoms with Gasteiger partial charge >= 0.3 is 0 Å². The summed E-state index contributed by atoms with van der Waals surface area (Å²) in [6, 6.07) is 10.1. The number of ether oxygens (including phenoxy) is 1. The predicted octanol–water partition coefficient (Wildman–Crippen LogP) is 3.66. The molecule has 20 heavy (non-hydrogen) atoms. The van der Waals surface area contributed by atoms with Crippen molar-refractivity contribution in [3.63, 3.8) is 0 Å². The maximum atomic E-state index is 12.8. The fraction of sp³-hybridized carbons (Fsp3) is 0.588. The van der Waals surface area contributed by atoms with Gasteiger partial charge in [-0.05, 0) is 45.1 Å². The summed E-state index contributed by atoms with van der Waals surface area (Å²) < 4.78 is 6.34. The third-order valence-electron chi connectivity index (χ3n) is 4.49. The summed E-state index contributed by atoms with van der Waals surface area (Å²) in [6.07, 6.45) is 5.08. The Labute approximate surface area is 120 Å². The van der Waals surface area contributed by atoms with Crippen LogP contribution >= 0.6 is 0 Å². The molecule has 108 valence electrons. The van der Waals surface area contributed by atoms with Gasteiger partial charge in [-0.1, -0.05) is 36.8 Å². The molecule has 1 spiro atoms. The molecule has 0 bridgehead atoms. The molecule has 3 rings (SSSR count). The van der Waals surface area contributed by atoms with Crippen LogP contribution in [-0.4, -0.2) is 22.6 Å². The zero-order valence-electron chi connectivity index (χ0n) is 12.3. The zero-order valence-corrected chi connectivity index (χ0v) is 12.3. The molecule has 0 N–H and O–H groups in total. The molecular formula is C17H23NO2. The number of benzene rings is 1. The second kappa shape index (κ2) is 5.21. The molecule has 1 aromatic carbocycles. The molecule has 1 atom stereocenters. The molecule has 1 saturated carbocycles. The van der Waals surface area contributed by atoms with Crippen molar-refractivity contribution in [1.82, 2.24) is 4.90 Å². The molecule has 1 heterocycles. The van der Waals surface area contributed by atoms with Gasteiger partial charge in [-0.15, -0.1) is 0 Å². The van der Waals surface area contributed by atoms with Crippen LogP contribution in [-0.2, 0) is 9.53 Å². The Morgan fingerprint density at radius 3 is 2.40 bits per heavy atom. The molecule has 1 saturated heterocycles. The van der Waals surface area contributed by atoms with Crippen LogP contribution < -0.4 is 0 Å². The number of carbonyl (C=O) groups is 1. The van der Waals surface area contributed by atoms with Crippen LogP contribution in [0.2, 0.25) is 0 Å². The Hall–Kier alpha value is -1.35. The second-order valence-electron chi connectivity index (χ2n) is 6.22. The Bertz CT molecular complexity index is 477. The number of hydrogen-bond acceptors (Lipinski definition) is 2. The largest absolute Gasteiger partial charge is 0.338 e. The van der Waals surface area contributed by atoms with Gasteiger partial charge in [-0.25, -0.2) is 0 Å². The van der Waals surface area contributed by atoms with E-state index in [1.165, 1.54) is 6.42 Å². The molecule has 3 nitrogen and oxygen atoms in total. The highest BCUT2D eigenvalue weighted by Gasteiger charge is 2.53. The van der Waals surface area contributed by atoms with Gasteiger partial charge in [0.2, 0.25) is 0 Å². The third-order valence-corrected chi connectivity index (χ3v) is 4.49. The zero-order chi connectivity index (χ0) is 14.2. The van der Waals surface area contributed by atoms with Crippen LogP contribution in [0.3, 0.4) is 0 Å². The van der Waals surface area contributed by atoms with Crippen LogP contribution in [0.4, 0.5) is 0 Å². The van der Waals surface area contributed by atoms with E-state index in [1.54, 1.807) is 0 Å². The van der Waals surface area contributed by atoms with Gasteiger partial charge in [0.25, 0.3) is 5.91 Å². The van der Waals surface area contributed by atoms with Gasteiger partial charge in [0.15, 0.2) is 6.10 Å². The van der Waals surface area contributed by atoms with Crippen molar-refractivity contribution in [3.8, 4) is 0 Å². The lowest BCUT2D eigenvalue weighted by Crippen LogP contribution is -2.51. The van der Waals surface area contributed by atoms with Crippen molar-refractivity contribution in [1.29, 1.82) is 0 Å². The first kappa shape index (κ1) is 13.6. The lowest BCUT2D eigenvalue weighted by atomic mass is 9.90. The molecule has 2 fully saturated rings. The van der Waals surface area contributed by atoms with Crippen LogP contribution in [0.25, 0.3) is 0 Å². The van der Waals surface area contributed by atoms with Crippen LogP contribution in [0, 0.1) is 0 Å². The normalized spacial score (nSPS) is 25.6. The lowest BCUT2D eigenvalue weighted by molar-refractivity contribution is -0.145. The molecule has 2 aliphatic rings. The summed E-state index contributed by atoms with van der Waals surface area (Å²) in [6.45, 7) is 4.18. The lowest BCUT2D eigenvalue weighted by Gasteiger charge is -2.42. The Morgan fingerprint density at radius 1 is 1.15 bits per heavy atom. The number of nitrogens with zero attached hydrogens (tertiary/aromatic N) is 1. The highest BCUT2D eigenvalue weighted by molar-refractivity contribution is 5.85. The smallest absolute Gasteiger partial charge is 0.258 e. The minimum absolute atomic E-state index is 0.133. The maximum absolute atomic E-state index is 12.8. The van der Waals surface area contributed by atoms with E-state index >= 15 is 0 Å². The highest BCUT2D eigenvalue weighted by Crippen LogP contribution is 2.46. The molecular weight excluding hydrogens is 250 g/mol. The Kier molecular flexibility index (Phi) is 3.55. The average molecular weight is 273 g/mol. The van der Waals surface area contributed by atoms with Crippen LogP contribution in [0.1, 0.15) is 57.6 Å². The van der Waals surface area contributed by atoms with Gasteiger partial charge in [-0.3, -0.25) is 4.79 Å². The van der Waals surface area contributed by atoms with Gasteiger partial charge in [0.1, 0.15) is 5.72 Å². The monoisotopic (exact) mass is 273 g/mol. The SMILES string of the molecule is CC(C)N1C(=O)C(c2ccccc2)OC12CCCCC2. The summed E-state index contributed by atoms with van der Waals surface area (Å²) in [7, 11) is 0. The summed E-state index contributed by atoms with van der Waals surface area (Å²) >= 11 is 0. The Balaban J connectivity index is 1.95. The first-order valence-corrected chi connectivity index (χ1v) is 7.70. The van der Waals surface area contributed by atoms with Crippen molar-refractivity contribution >= 4 is 5.91 Å². The maximum Gasteiger partial charge on any atom is 0.258 e. The number of amides is 1. The standard InChI is InChI=1S/C17H23NO2/c1-13(2)18-16(19)15(14-9-5-3-6-10-14)20-17(18)11-7-4-8-12-17/h3,5-6,9-10,13,15H,4,7-8,11-12H2,1-2H3. The van der Waals surface area contributed by atoms with E-state index in [0.29, 0.717) is 0 Å². The Morgan fingerprint density at radius 2 is 1.80 bits per heavy atom. The van der Waals surface area contributed by atoms with Gasteiger partial charge in [0.05, 0.1) is 0 Å². The van der Waals surface area contributed by atoms with Gasteiger partial charge < -0.3 is 9.64 Å². The first-order chi connectivity index (χ1) is 9.64. The minimum Gasteiger partial charge on any atom is -0.338 e. The molecule has 0 radical (unpaired) electrons. The van der Waals surface area contributed by atoms with Crippen molar-refractivity contribution in [2.75, 3.05) is 0 Å². The fourth-order valence-electron chi connectivity index (χ4n) is 3.68. The van der Waals surface area contributed by atoms with Gasteiger partial charge in [0, 0.05) is 6.04 Å². The summed E-state index contributed by atoms with van der Waals surface area (Å²) in [4.78, 5) is 14.8. The first-order valence-electron chi connectivity index (χ1n) is 7.70. The summed E-state index contributed by atoms with van der Waals surface area (Å²) in [5.41, 5.74) is 0.620. The average Bonchev–Trinajstić information content (AvgIpc) is 2.73. The van der Waals surface area contributed by atoms with E-state index in [4.69, 9.17) is 4.74 Å². The van der Waals surface area contributed by atoms with Crippen LogP contribution in [0.15, 0.2) is 30.3 Å². The topological polar surface area (TPSA) is 29.5 Å². The van der Waals surface area contributed by atoms with E-state index in [9.17, 15) is 4.79 Å². The molecule has 1 aromatic rings. The quantitative estimate of drug-likeness (QED) is 0.823. The molecule has 1 aliphatic carbocycles. The summed E-state index contributed by atoms with van der Waals surface area (Å²) in [5.74, 6) is 0.133. The van der Waals surface area contributed by atoms with E-state index < -0.39 is 6.10 Å². The van der Waals surface area contributed by atoms with Crippen molar-refractivity contribution in [3.05, 3.63) is 35.9 Å². The number of rotatable bonds is 2. The molecule has 1 aliphatic heterocycles. The van der Waals surface area contributed by atoms with E-state index in [-0.39, 0.29) is 17.7 Å². The highest BCUT2D eigenvalue weighted by atomic mass is 16.6. The minimum atomic E-state index is -0.420. The fourth-order valence-corrected chi connectivity index (χ4v) is 3.68. The molecule has 0 aromatic heterocycles. The van der Waals surface area contributed by atoms with Crippen molar-refractivity contribution < 1.29 is 9.53 Å². The molecule has 1 unspecified atom stereocenters. The molecule has 3 heteroatoms. The van der Waals surface area contributed by atoms with Crippen LogP contribution in [0.5, 0.6) is 0 Å². The van der Waals surface area contributed by atoms with Gasteiger partial charge in [-0.2, -0.15) is 0 Å². The van der Waals surface area contributed by atoms with E-state index in [0.717, 1.165) is 31.2 Å². The second-order valence-corrected chi connectivity index (χ2v) is 6.22. The third kappa shape index (κ3) is 2.14. The van der Waals surface area contributed by atoms with E-state index in [1.807, 2.05) is 35.2 Å². The number of hydrogen-bond donors (Lipinski definition) is 0. The number of carbonyl (C=O) groups excluding carboxylic acids is 1. The van der Waals surface area contributed by atoms with Crippen molar-refractivity contribution in [2.45, 2.75) is 63.8 Å². The molecule has 1 amide bonds. The predicted molar refractivity (Wildman–Crippen MR) is 78.1 cm³/mol. The van der Waals surface area contributed by atoms with Crippen molar-refractivity contribution in [2.24, 2.45) is 0 Å². The van der Waals surface area contributed by atoms with E-state index in [2.05, 4.69) is 13.8 Å².